The summed E-state index contributed by atoms with van der Waals surface area (Å²) in [6, 6.07) is 7.77. The lowest BCUT2D eigenvalue weighted by Crippen LogP contribution is -2.36. The minimum atomic E-state index is 0.107. The van der Waals surface area contributed by atoms with Crippen molar-refractivity contribution >= 4 is 5.91 Å². The smallest absolute Gasteiger partial charge is 0.254 e. The first-order chi connectivity index (χ1) is 9.15. The molecule has 2 heterocycles. The van der Waals surface area contributed by atoms with Crippen molar-refractivity contribution in [3.63, 3.8) is 0 Å². The van der Waals surface area contributed by atoms with Crippen molar-refractivity contribution in [2.75, 3.05) is 6.54 Å². The molecule has 2 aromatic rings. The number of nitrogens with zero attached hydrogens (tertiary/aromatic N) is 3. The SMILES string of the molecule is Cc1cccc(C(=O)N2CCc3ncn(C)c3C2)c1. The van der Waals surface area contributed by atoms with Crippen LogP contribution in [0.2, 0.25) is 0 Å². The van der Waals surface area contributed by atoms with Gasteiger partial charge in [-0.15, -0.1) is 0 Å². The Morgan fingerprint density at radius 1 is 1.37 bits per heavy atom. The van der Waals surface area contributed by atoms with Crippen molar-refractivity contribution in [1.82, 2.24) is 14.5 Å². The molecule has 4 nitrogen and oxygen atoms in total. The maximum atomic E-state index is 12.5. The third-order valence-electron chi connectivity index (χ3n) is 3.66. The Kier molecular flexibility index (Phi) is 2.85. The maximum Gasteiger partial charge on any atom is 0.254 e. The Hall–Kier alpha value is -2.10. The number of carbonyl (C=O) groups is 1. The summed E-state index contributed by atoms with van der Waals surface area (Å²) in [7, 11) is 1.98. The molecule has 4 heteroatoms. The van der Waals surface area contributed by atoms with Gasteiger partial charge in [-0.2, -0.15) is 0 Å². The number of fused-ring (bicyclic) bond motifs is 1. The first-order valence-corrected chi connectivity index (χ1v) is 6.50. The molecule has 19 heavy (non-hydrogen) atoms. The molecule has 1 aromatic carbocycles. The average Bonchev–Trinajstić information content (AvgIpc) is 2.79. The molecule has 0 bridgehead atoms. The number of carbonyl (C=O) groups excluding carboxylic acids is 1. The van der Waals surface area contributed by atoms with Gasteiger partial charge in [0.05, 0.1) is 24.3 Å². The molecular formula is C15H17N3O. The van der Waals surface area contributed by atoms with Gasteiger partial charge in [0, 0.05) is 25.6 Å². The first kappa shape index (κ1) is 12.0. The summed E-state index contributed by atoms with van der Waals surface area (Å²) in [5, 5.41) is 0. The molecule has 1 aliphatic rings. The second-order valence-corrected chi connectivity index (χ2v) is 5.10. The maximum absolute atomic E-state index is 12.5. The Morgan fingerprint density at radius 2 is 2.21 bits per heavy atom. The van der Waals surface area contributed by atoms with Crippen LogP contribution < -0.4 is 0 Å². The molecular weight excluding hydrogens is 238 g/mol. The second kappa shape index (κ2) is 4.53. The molecule has 0 spiro atoms. The molecule has 1 aliphatic heterocycles. The summed E-state index contributed by atoms with van der Waals surface area (Å²) >= 11 is 0. The van der Waals surface area contributed by atoms with Crippen LogP contribution in [0.3, 0.4) is 0 Å². The van der Waals surface area contributed by atoms with E-state index in [4.69, 9.17) is 0 Å². The van der Waals surface area contributed by atoms with Crippen LogP contribution in [-0.2, 0) is 20.0 Å². The third kappa shape index (κ3) is 2.14. The summed E-state index contributed by atoms with van der Waals surface area (Å²) in [6.07, 6.45) is 2.67. The van der Waals surface area contributed by atoms with Gasteiger partial charge in [0.25, 0.3) is 5.91 Å². The van der Waals surface area contributed by atoms with E-state index in [-0.39, 0.29) is 5.91 Å². The zero-order valence-electron chi connectivity index (χ0n) is 11.3. The fourth-order valence-electron chi connectivity index (χ4n) is 2.55. The topological polar surface area (TPSA) is 38.1 Å². The van der Waals surface area contributed by atoms with Crippen molar-refractivity contribution in [2.24, 2.45) is 7.05 Å². The minimum absolute atomic E-state index is 0.107. The van der Waals surface area contributed by atoms with Crippen molar-refractivity contribution in [1.29, 1.82) is 0 Å². The zero-order chi connectivity index (χ0) is 13.4. The fraction of sp³-hybridized carbons (Fsp3) is 0.333. The molecule has 1 amide bonds. The quantitative estimate of drug-likeness (QED) is 0.781. The Morgan fingerprint density at radius 3 is 3.00 bits per heavy atom. The van der Waals surface area contributed by atoms with Gasteiger partial charge in [0.15, 0.2) is 0 Å². The molecule has 0 unspecified atom stereocenters. The molecule has 3 rings (SSSR count). The average molecular weight is 255 g/mol. The highest BCUT2D eigenvalue weighted by Gasteiger charge is 2.24. The molecule has 0 N–H and O–H groups in total. The summed E-state index contributed by atoms with van der Waals surface area (Å²) in [4.78, 5) is 18.8. The lowest BCUT2D eigenvalue weighted by Gasteiger charge is -2.27. The van der Waals surface area contributed by atoms with Gasteiger partial charge in [-0.05, 0) is 19.1 Å². The molecule has 0 saturated carbocycles. The van der Waals surface area contributed by atoms with Crippen LogP contribution in [0.15, 0.2) is 30.6 Å². The van der Waals surface area contributed by atoms with E-state index >= 15 is 0 Å². The highest BCUT2D eigenvalue weighted by Crippen LogP contribution is 2.19. The van der Waals surface area contributed by atoms with Gasteiger partial charge >= 0.3 is 0 Å². The predicted octanol–water partition coefficient (Wildman–Crippen LogP) is 1.93. The molecule has 0 radical (unpaired) electrons. The molecule has 0 saturated heterocycles. The standard InChI is InChI=1S/C15H17N3O/c1-11-4-3-5-12(8-11)15(19)18-7-6-13-14(9-18)17(2)10-16-13/h3-5,8,10H,6-7,9H2,1-2H3. The van der Waals surface area contributed by atoms with E-state index in [2.05, 4.69) is 4.98 Å². The van der Waals surface area contributed by atoms with Crippen LogP contribution in [0.5, 0.6) is 0 Å². The van der Waals surface area contributed by atoms with E-state index in [1.807, 2.05) is 54.0 Å². The summed E-state index contributed by atoms with van der Waals surface area (Å²) in [5.74, 6) is 0.107. The van der Waals surface area contributed by atoms with Crippen molar-refractivity contribution in [2.45, 2.75) is 19.9 Å². The van der Waals surface area contributed by atoms with Gasteiger partial charge in [-0.25, -0.2) is 4.98 Å². The molecule has 98 valence electrons. The van der Waals surface area contributed by atoms with Gasteiger partial charge in [0.1, 0.15) is 0 Å². The zero-order valence-corrected chi connectivity index (χ0v) is 11.3. The lowest BCUT2D eigenvalue weighted by atomic mass is 10.1. The highest BCUT2D eigenvalue weighted by molar-refractivity contribution is 5.94. The summed E-state index contributed by atoms with van der Waals surface area (Å²) in [6.45, 7) is 3.40. The van der Waals surface area contributed by atoms with Gasteiger partial charge < -0.3 is 9.47 Å². The second-order valence-electron chi connectivity index (χ2n) is 5.10. The van der Waals surface area contributed by atoms with Crippen LogP contribution in [0.1, 0.15) is 27.3 Å². The number of amides is 1. The van der Waals surface area contributed by atoms with Gasteiger partial charge in [0.2, 0.25) is 0 Å². The number of imidazole rings is 1. The van der Waals surface area contributed by atoms with E-state index in [0.717, 1.165) is 35.5 Å². The van der Waals surface area contributed by atoms with E-state index in [1.54, 1.807) is 0 Å². The Labute approximate surface area is 112 Å². The number of aromatic nitrogens is 2. The third-order valence-corrected chi connectivity index (χ3v) is 3.66. The summed E-state index contributed by atoms with van der Waals surface area (Å²) < 4.78 is 2.00. The summed E-state index contributed by atoms with van der Waals surface area (Å²) in [5.41, 5.74) is 4.15. The number of hydrogen-bond acceptors (Lipinski definition) is 2. The van der Waals surface area contributed by atoms with Gasteiger partial charge in [-0.3, -0.25) is 4.79 Å². The van der Waals surface area contributed by atoms with E-state index in [0.29, 0.717) is 6.54 Å². The van der Waals surface area contributed by atoms with E-state index < -0.39 is 0 Å². The molecule has 0 atom stereocenters. The number of hydrogen-bond donors (Lipinski definition) is 0. The molecule has 0 fully saturated rings. The number of benzene rings is 1. The normalized spacial score (nSPS) is 14.3. The van der Waals surface area contributed by atoms with Crippen LogP contribution in [-0.4, -0.2) is 26.9 Å². The van der Waals surface area contributed by atoms with Crippen molar-refractivity contribution in [3.05, 3.63) is 53.1 Å². The largest absolute Gasteiger partial charge is 0.336 e. The van der Waals surface area contributed by atoms with Crippen LogP contribution in [0.4, 0.5) is 0 Å². The minimum Gasteiger partial charge on any atom is -0.336 e. The van der Waals surface area contributed by atoms with E-state index in [1.165, 1.54) is 0 Å². The van der Waals surface area contributed by atoms with Gasteiger partial charge in [-0.1, -0.05) is 17.7 Å². The van der Waals surface area contributed by atoms with Crippen LogP contribution in [0, 0.1) is 6.92 Å². The lowest BCUT2D eigenvalue weighted by molar-refractivity contribution is 0.0730. The van der Waals surface area contributed by atoms with Crippen molar-refractivity contribution < 1.29 is 4.79 Å². The first-order valence-electron chi connectivity index (χ1n) is 6.50. The highest BCUT2D eigenvalue weighted by atomic mass is 16.2. The predicted molar refractivity (Wildman–Crippen MR) is 72.8 cm³/mol. The Balaban J connectivity index is 1.85. The fourth-order valence-corrected chi connectivity index (χ4v) is 2.55. The van der Waals surface area contributed by atoms with E-state index in [9.17, 15) is 4.79 Å². The van der Waals surface area contributed by atoms with Crippen molar-refractivity contribution in [3.8, 4) is 0 Å². The molecule has 0 aliphatic carbocycles. The number of rotatable bonds is 1. The van der Waals surface area contributed by atoms with Crippen LogP contribution >= 0.6 is 0 Å². The molecule has 1 aromatic heterocycles. The Bertz CT molecular complexity index is 630. The monoisotopic (exact) mass is 255 g/mol. The number of aryl methyl sites for hydroxylation is 2. The van der Waals surface area contributed by atoms with Crippen LogP contribution in [0.25, 0.3) is 0 Å².